The first-order chi connectivity index (χ1) is 28.3. The number of benzene rings is 9. The second-order valence-electron chi connectivity index (χ2n) is 14.9. The van der Waals surface area contributed by atoms with Crippen LogP contribution in [0.15, 0.2) is 224 Å². The van der Waals surface area contributed by atoms with Crippen LogP contribution >= 0.6 is 11.3 Å². The Hall–Kier alpha value is -7.00. The van der Waals surface area contributed by atoms with Crippen LogP contribution < -0.4 is 4.90 Å². The van der Waals surface area contributed by atoms with E-state index in [0.29, 0.717) is 0 Å². The summed E-state index contributed by atoms with van der Waals surface area (Å²) < 4.78 is 1.33. The molecule has 0 aliphatic heterocycles. The van der Waals surface area contributed by atoms with E-state index in [4.69, 9.17) is 0 Å². The molecule has 2 heteroatoms. The van der Waals surface area contributed by atoms with Crippen molar-refractivity contribution >= 4 is 49.3 Å². The van der Waals surface area contributed by atoms with E-state index in [0.717, 1.165) is 17.1 Å². The molecule has 0 bridgehead atoms. The Morgan fingerprint density at radius 3 is 1.54 bits per heavy atom. The fourth-order valence-corrected chi connectivity index (χ4v) is 10.4. The first kappa shape index (κ1) is 33.3. The van der Waals surface area contributed by atoms with Crippen molar-refractivity contribution in [3.63, 3.8) is 0 Å². The van der Waals surface area contributed by atoms with Gasteiger partial charge < -0.3 is 4.90 Å². The summed E-state index contributed by atoms with van der Waals surface area (Å²) in [4.78, 5) is 3.73. The van der Waals surface area contributed by atoms with Crippen LogP contribution in [0, 0.1) is 0 Å². The van der Waals surface area contributed by atoms with Crippen LogP contribution in [0.4, 0.5) is 17.1 Å². The van der Waals surface area contributed by atoms with Gasteiger partial charge >= 0.3 is 0 Å². The van der Waals surface area contributed by atoms with Gasteiger partial charge in [0.1, 0.15) is 0 Å². The standard InChI is InChI=1S/C55H37NS/c1-4-14-38(15-5-1)40-24-30-46(31-25-40)56(48-34-28-39-16-10-11-17-42(39)36-48)47-32-26-41(27-33-47)43-29-35-49-51(37-43)55(44-18-6-2-7-19-44,45-20-8-3-9-21-45)53-50-22-12-13-23-52(50)57-54(49)53/h1-37H. The molecule has 0 N–H and O–H groups in total. The van der Waals surface area contributed by atoms with E-state index >= 15 is 0 Å². The van der Waals surface area contributed by atoms with Crippen molar-refractivity contribution in [3.05, 3.63) is 247 Å². The molecule has 11 rings (SSSR count). The van der Waals surface area contributed by atoms with Crippen LogP contribution in [-0.4, -0.2) is 0 Å². The highest BCUT2D eigenvalue weighted by molar-refractivity contribution is 7.22. The van der Waals surface area contributed by atoms with Gasteiger partial charge in [-0.3, -0.25) is 0 Å². The number of anilines is 3. The minimum absolute atomic E-state index is 0.457. The van der Waals surface area contributed by atoms with Crippen molar-refractivity contribution in [1.82, 2.24) is 0 Å². The van der Waals surface area contributed by atoms with Crippen LogP contribution in [0.5, 0.6) is 0 Å². The Labute approximate surface area is 337 Å². The van der Waals surface area contributed by atoms with Crippen molar-refractivity contribution in [2.75, 3.05) is 4.90 Å². The highest BCUT2D eigenvalue weighted by atomic mass is 32.1. The first-order valence-corrected chi connectivity index (χ1v) is 20.4. The summed E-state index contributed by atoms with van der Waals surface area (Å²) in [6.45, 7) is 0. The molecule has 0 radical (unpaired) electrons. The van der Waals surface area contributed by atoms with E-state index in [2.05, 4.69) is 229 Å². The fraction of sp³-hybridized carbons (Fsp3) is 0.0182. The summed E-state index contributed by atoms with van der Waals surface area (Å²) in [5.74, 6) is 0. The highest BCUT2D eigenvalue weighted by Gasteiger charge is 2.48. The predicted molar refractivity (Wildman–Crippen MR) is 242 cm³/mol. The lowest BCUT2D eigenvalue weighted by atomic mass is 9.67. The van der Waals surface area contributed by atoms with Crippen LogP contribution in [0.1, 0.15) is 22.3 Å². The minimum Gasteiger partial charge on any atom is -0.310 e. The predicted octanol–water partition coefficient (Wildman–Crippen LogP) is 15.2. The third-order valence-electron chi connectivity index (χ3n) is 11.7. The van der Waals surface area contributed by atoms with E-state index < -0.39 is 5.41 Å². The lowest BCUT2D eigenvalue weighted by molar-refractivity contribution is 0.777. The Morgan fingerprint density at radius 2 is 0.877 bits per heavy atom. The van der Waals surface area contributed by atoms with Gasteiger partial charge in [-0.1, -0.05) is 176 Å². The first-order valence-electron chi connectivity index (χ1n) is 19.6. The fourth-order valence-electron chi connectivity index (χ4n) is 9.12. The number of thiophene rings is 1. The molecule has 0 spiro atoms. The molecular formula is C55H37NS. The van der Waals surface area contributed by atoms with Gasteiger partial charge in [-0.15, -0.1) is 11.3 Å². The second kappa shape index (κ2) is 13.6. The van der Waals surface area contributed by atoms with Crippen molar-refractivity contribution in [2.24, 2.45) is 0 Å². The highest BCUT2D eigenvalue weighted by Crippen LogP contribution is 2.61. The number of fused-ring (bicyclic) bond motifs is 6. The van der Waals surface area contributed by atoms with Gasteiger partial charge in [-0.05, 0) is 115 Å². The summed E-state index contributed by atoms with van der Waals surface area (Å²) in [7, 11) is 0. The van der Waals surface area contributed by atoms with Gasteiger partial charge in [0.15, 0.2) is 0 Å². The average Bonchev–Trinajstić information content (AvgIpc) is 3.81. The van der Waals surface area contributed by atoms with Gasteiger partial charge in [0.25, 0.3) is 0 Å². The van der Waals surface area contributed by atoms with Crippen LogP contribution in [0.25, 0.3) is 53.6 Å². The molecule has 0 atom stereocenters. The van der Waals surface area contributed by atoms with E-state index in [1.54, 1.807) is 0 Å². The van der Waals surface area contributed by atoms with Crippen molar-refractivity contribution in [1.29, 1.82) is 0 Å². The molecular weight excluding hydrogens is 707 g/mol. The molecule has 9 aromatic carbocycles. The van der Waals surface area contributed by atoms with E-state index in [9.17, 15) is 0 Å². The zero-order chi connectivity index (χ0) is 37.8. The van der Waals surface area contributed by atoms with Gasteiger partial charge in [-0.25, -0.2) is 0 Å². The average molecular weight is 744 g/mol. The lowest BCUT2D eigenvalue weighted by Gasteiger charge is -2.34. The summed E-state index contributed by atoms with van der Waals surface area (Å²) in [6.07, 6.45) is 0. The molecule has 0 saturated carbocycles. The number of rotatable bonds is 7. The normalized spacial score (nSPS) is 12.7. The molecule has 1 aliphatic carbocycles. The second-order valence-corrected chi connectivity index (χ2v) is 15.9. The van der Waals surface area contributed by atoms with Crippen LogP contribution in [-0.2, 0) is 5.41 Å². The van der Waals surface area contributed by atoms with E-state index in [1.165, 1.54) is 75.8 Å². The number of hydrogen-bond acceptors (Lipinski definition) is 2. The van der Waals surface area contributed by atoms with Gasteiger partial charge in [-0.2, -0.15) is 0 Å². The largest absolute Gasteiger partial charge is 0.310 e. The van der Waals surface area contributed by atoms with Crippen molar-refractivity contribution in [3.8, 4) is 32.7 Å². The Morgan fingerprint density at radius 1 is 0.368 bits per heavy atom. The zero-order valence-electron chi connectivity index (χ0n) is 31.2. The number of hydrogen-bond donors (Lipinski definition) is 0. The van der Waals surface area contributed by atoms with E-state index in [-0.39, 0.29) is 0 Å². The summed E-state index contributed by atoms with van der Waals surface area (Å²) >= 11 is 1.92. The van der Waals surface area contributed by atoms with Crippen LogP contribution in [0.3, 0.4) is 0 Å². The van der Waals surface area contributed by atoms with Crippen LogP contribution in [0.2, 0.25) is 0 Å². The molecule has 1 aromatic heterocycles. The molecule has 268 valence electrons. The van der Waals surface area contributed by atoms with Crippen molar-refractivity contribution < 1.29 is 0 Å². The molecule has 1 heterocycles. The molecule has 0 fully saturated rings. The smallest absolute Gasteiger partial charge is 0.0728 e. The SMILES string of the molecule is c1ccc(-c2ccc(N(c3ccc(-c4ccc5c(c4)C(c4ccccc4)(c4ccccc4)c4c-5sc5ccccc45)cc3)c3ccc4ccccc4c3)cc2)cc1. The Bertz CT molecular complexity index is 3000. The van der Waals surface area contributed by atoms with E-state index in [1.807, 2.05) is 11.3 Å². The zero-order valence-corrected chi connectivity index (χ0v) is 32.0. The van der Waals surface area contributed by atoms with Gasteiger partial charge in [0, 0.05) is 26.6 Å². The maximum Gasteiger partial charge on any atom is 0.0728 e. The molecule has 10 aromatic rings. The Kier molecular flexibility index (Phi) is 7.98. The molecule has 1 nitrogen and oxygen atoms in total. The maximum absolute atomic E-state index is 2.47. The Balaban J connectivity index is 1.05. The van der Waals surface area contributed by atoms with Gasteiger partial charge in [0.05, 0.1) is 5.41 Å². The third kappa shape index (κ3) is 5.44. The van der Waals surface area contributed by atoms with Crippen molar-refractivity contribution in [2.45, 2.75) is 5.41 Å². The molecule has 0 unspecified atom stereocenters. The molecule has 1 aliphatic rings. The topological polar surface area (TPSA) is 3.24 Å². The summed E-state index contributed by atoms with van der Waals surface area (Å²) in [5.41, 5.74) is 14.3. The van der Waals surface area contributed by atoms with Gasteiger partial charge in [0.2, 0.25) is 0 Å². The molecule has 0 saturated heterocycles. The summed E-state index contributed by atoms with van der Waals surface area (Å²) in [6, 6.07) is 82.3. The third-order valence-corrected chi connectivity index (χ3v) is 12.9. The quantitative estimate of drug-likeness (QED) is 0.157. The molecule has 57 heavy (non-hydrogen) atoms. The minimum atomic E-state index is -0.457. The maximum atomic E-state index is 2.47. The number of nitrogens with zero attached hydrogens (tertiary/aromatic N) is 1. The molecule has 0 amide bonds. The summed E-state index contributed by atoms with van der Waals surface area (Å²) in [5, 5.41) is 3.78. The lowest BCUT2D eigenvalue weighted by Crippen LogP contribution is -2.28. The monoisotopic (exact) mass is 743 g/mol.